The van der Waals surface area contributed by atoms with E-state index in [0.717, 1.165) is 18.8 Å². The fourth-order valence-corrected chi connectivity index (χ4v) is 2.15. The minimum atomic E-state index is -0.332. The summed E-state index contributed by atoms with van der Waals surface area (Å²) in [5, 5.41) is 17.5. The first-order valence-corrected chi connectivity index (χ1v) is 6.52. The van der Waals surface area contributed by atoms with E-state index in [2.05, 4.69) is 24.3 Å². The molecule has 0 radical (unpaired) electrons. The van der Waals surface area contributed by atoms with Gasteiger partial charge in [0.05, 0.1) is 11.8 Å². The molecular formula is C13H26N4O. The molecule has 0 saturated heterocycles. The van der Waals surface area contributed by atoms with E-state index in [1.54, 1.807) is 0 Å². The lowest BCUT2D eigenvalue weighted by molar-refractivity contribution is 0.134. The highest BCUT2D eigenvalue weighted by Gasteiger charge is 2.11. The molecule has 0 bridgehead atoms. The number of aliphatic hydroxyl groups excluding tert-OH is 1. The highest BCUT2D eigenvalue weighted by Crippen LogP contribution is 2.12. The molecule has 1 aromatic heterocycles. The first kappa shape index (κ1) is 15.1. The summed E-state index contributed by atoms with van der Waals surface area (Å²) in [5.74, 6) is 0. The van der Waals surface area contributed by atoms with Crippen LogP contribution in [0, 0.1) is 13.8 Å². The minimum absolute atomic E-state index is 0.332. The van der Waals surface area contributed by atoms with Gasteiger partial charge in [0, 0.05) is 37.4 Å². The molecule has 0 aliphatic heterocycles. The van der Waals surface area contributed by atoms with E-state index in [-0.39, 0.29) is 6.10 Å². The number of aryl methyl sites for hydroxylation is 2. The molecular weight excluding hydrogens is 228 g/mol. The van der Waals surface area contributed by atoms with Crippen molar-refractivity contribution in [2.45, 2.75) is 40.0 Å². The predicted molar refractivity (Wildman–Crippen MR) is 73.6 cm³/mol. The average molecular weight is 254 g/mol. The van der Waals surface area contributed by atoms with Gasteiger partial charge in [-0.15, -0.1) is 0 Å². The van der Waals surface area contributed by atoms with Crippen molar-refractivity contribution in [2.24, 2.45) is 0 Å². The van der Waals surface area contributed by atoms with Crippen LogP contribution in [0.3, 0.4) is 0 Å². The van der Waals surface area contributed by atoms with Crippen LogP contribution in [-0.4, -0.2) is 53.1 Å². The molecule has 1 unspecified atom stereocenters. The van der Waals surface area contributed by atoms with Gasteiger partial charge in [-0.1, -0.05) is 0 Å². The Morgan fingerprint density at radius 3 is 2.56 bits per heavy atom. The molecule has 1 heterocycles. The van der Waals surface area contributed by atoms with Crippen LogP contribution in [0.15, 0.2) is 0 Å². The van der Waals surface area contributed by atoms with Crippen molar-refractivity contribution in [3.8, 4) is 0 Å². The molecule has 104 valence electrons. The fourth-order valence-electron chi connectivity index (χ4n) is 2.15. The van der Waals surface area contributed by atoms with Crippen LogP contribution in [0.5, 0.6) is 0 Å². The Morgan fingerprint density at radius 2 is 2.06 bits per heavy atom. The zero-order valence-electron chi connectivity index (χ0n) is 12.2. The number of hydrogen-bond acceptors (Lipinski definition) is 4. The van der Waals surface area contributed by atoms with Crippen LogP contribution in [0.1, 0.15) is 23.9 Å². The van der Waals surface area contributed by atoms with E-state index in [9.17, 15) is 5.11 Å². The van der Waals surface area contributed by atoms with E-state index in [4.69, 9.17) is 0 Å². The number of hydrogen-bond donors (Lipinski definition) is 2. The van der Waals surface area contributed by atoms with E-state index in [0.29, 0.717) is 13.1 Å². The summed E-state index contributed by atoms with van der Waals surface area (Å²) in [7, 11) is 3.92. The quantitative estimate of drug-likeness (QED) is 0.745. The van der Waals surface area contributed by atoms with Crippen LogP contribution in [-0.2, 0) is 13.1 Å². The van der Waals surface area contributed by atoms with E-state index in [1.165, 1.54) is 11.3 Å². The highest BCUT2D eigenvalue weighted by molar-refractivity contribution is 5.24. The number of nitrogens with one attached hydrogen (secondary N) is 1. The highest BCUT2D eigenvalue weighted by atomic mass is 16.3. The number of likely N-dealkylation sites (N-methyl/N-ethyl adjacent to an activating group) is 1. The van der Waals surface area contributed by atoms with Crippen molar-refractivity contribution in [3.05, 3.63) is 17.0 Å². The molecule has 0 saturated carbocycles. The summed E-state index contributed by atoms with van der Waals surface area (Å²) in [4.78, 5) is 1.98. The van der Waals surface area contributed by atoms with Crippen molar-refractivity contribution in [3.63, 3.8) is 0 Å². The summed E-state index contributed by atoms with van der Waals surface area (Å²) in [6, 6.07) is 0. The van der Waals surface area contributed by atoms with Gasteiger partial charge in [-0.3, -0.25) is 4.68 Å². The summed E-state index contributed by atoms with van der Waals surface area (Å²) >= 11 is 0. The third-order valence-electron chi connectivity index (χ3n) is 3.09. The molecule has 1 aromatic rings. The van der Waals surface area contributed by atoms with Gasteiger partial charge in [-0.2, -0.15) is 5.10 Å². The first-order valence-electron chi connectivity index (χ1n) is 6.52. The Hall–Kier alpha value is -0.910. The van der Waals surface area contributed by atoms with Crippen LogP contribution in [0.25, 0.3) is 0 Å². The molecule has 0 aliphatic rings. The molecule has 0 spiro atoms. The second kappa shape index (κ2) is 6.87. The largest absolute Gasteiger partial charge is 0.390 e. The van der Waals surface area contributed by atoms with Gasteiger partial charge < -0.3 is 15.3 Å². The molecule has 5 heteroatoms. The Balaban J connectivity index is 2.46. The predicted octanol–water partition coefficient (Wildman–Crippen LogP) is 0.532. The van der Waals surface area contributed by atoms with Gasteiger partial charge >= 0.3 is 0 Å². The Kier molecular flexibility index (Phi) is 5.78. The maximum atomic E-state index is 9.76. The Morgan fingerprint density at radius 1 is 1.39 bits per heavy atom. The maximum absolute atomic E-state index is 9.76. The van der Waals surface area contributed by atoms with Crippen molar-refractivity contribution in [1.29, 1.82) is 0 Å². The van der Waals surface area contributed by atoms with E-state index in [1.807, 2.05) is 30.6 Å². The van der Waals surface area contributed by atoms with Gasteiger partial charge in [-0.25, -0.2) is 0 Å². The standard InChI is InChI=1S/C13H26N4O/c1-6-17-11(3)13(10(2)15-17)8-14-7-12(18)9-16(4)5/h12,14,18H,6-9H2,1-5H3. The van der Waals surface area contributed by atoms with Gasteiger partial charge in [0.2, 0.25) is 0 Å². The lowest BCUT2D eigenvalue weighted by atomic mass is 10.2. The van der Waals surface area contributed by atoms with Crippen molar-refractivity contribution in [1.82, 2.24) is 20.0 Å². The number of nitrogens with zero attached hydrogens (tertiary/aromatic N) is 3. The topological polar surface area (TPSA) is 53.3 Å². The summed E-state index contributed by atoms with van der Waals surface area (Å²) in [5.41, 5.74) is 3.53. The van der Waals surface area contributed by atoms with E-state index < -0.39 is 0 Å². The molecule has 1 atom stereocenters. The molecule has 0 aromatic carbocycles. The molecule has 5 nitrogen and oxygen atoms in total. The van der Waals surface area contributed by atoms with Gasteiger partial charge in [0.1, 0.15) is 0 Å². The van der Waals surface area contributed by atoms with Crippen molar-refractivity contribution in [2.75, 3.05) is 27.2 Å². The number of rotatable bonds is 7. The minimum Gasteiger partial charge on any atom is -0.390 e. The smallest absolute Gasteiger partial charge is 0.0791 e. The normalized spacial score (nSPS) is 13.3. The summed E-state index contributed by atoms with van der Waals surface area (Å²) < 4.78 is 2.02. The number of aliphatic hydroxyl groups is 1. The summed E-state index contributed by atoms with van der Waals surface area (Å²) in [6.45, 7) is 9.17. The molecule has 2 N–H and O–H groups in total. The molecule has 18 heavy (non-hydrogen) atoms. The zero-order chi connectivity index (χ0) is 13.7. The Bertz CT molecular complexity index is 373. The zero-order valence-corrected chi connectivity index (χ0v) is 12.2. The maximum Gasteiger partial charge on any atom is 0.0791 e. The van der Waals surface area contributed by atoms with Crippen LogP contribution < -0.4 is 5.32 Å². The van der Waals surface area contributed by atoms with Crippen LogP contribution in [0.2, 0.25) is 0 Å². The second-order valence-corrected chi connectivity index (χ2v) is 5.01. The molecule has 0 aliphatic carbocycles. The molecule has 0 fully saturated rings. The monoisotopic (exact) mass is 254 g/mol. The molecule has 1 rings (SSSR count). The number of aromatic nitrogens is 2. The van der Waals surface area contributed by atoms with Gasteiger partial charge in [-0.05, 0) is 34.9 Å². The van der Waals surface area contributed by atoms with Crippen molar-refractivity contribution < 1.29 is 5.11 Å². The second-order valence-electron chi connectivity index (χ2n) is 5.01. The van der Waals surface area contributed by atoms with Gasteiger partial charge in [0.15, 0.2) is 0 Å². The van der Waals surface area contributed by atoms with Crippen molar-refractivity contribution >= 4 is 0 Å². The first-order chi connectivity index (χ1) is 8.45. The van der Waals surface area contributed by atoms with E-state index >= 15 is 0 Å². The van der Waals surface area contributed by atoms with Gasteiger partial charge in [0.25, 0.3) is 0 Å². The lowest BCUT2D eigenvalue weighted by Crippen LogP contribution is -2.34. The molecule has 0 amide bonds. The third-order valence-corrected chi connectivity index (χ3v) is 3.09. The lowest BCUT2D eigenvalue weighted by Gasteiger charge is -2.16. The summed E-state index contributed by atoms with van der Waals surface area (Å²) in [6.07, 6.45) is -0.332. The van der Waals surface area contributed by atoms with Crippen LogP contribution >= 0.6 is 0 Å². The average Bonchev–Trinajstić information content (AvgIpc) is 2.55. The fraction of sp³-hybridized carbons (Fsp3) is 0.769. The Labute approximate surface area is 110 Å². The SMILES string of the molecule is CCn1nc(C)c(CNCC(O)CN(C)C)c1C. The third kappa shape index (κ3) is 4.08. The van der Waals surface area contributed by atoms with Crippen LogP contribution in [0.4, 0.5) is 0 Å².